The van der Waals surface area contributed by atoms with Crippen molar-refractivity contribution in [2.45, 2.75) is 181 Å². The van der Waals surface area contributed by atoms with Gasteiger partial charge in [-0.15, -0.1) is 0 Å². The molecule has 8 nitrogen and oxygen atoms in total. The molecule has 252 valence electrons. The Morgan fingerprint density at radius 1 is 0.721 bits per heavy atom. The highest BCUT2D eigenvalue weighted by atomic mass is 16.6. The van der Waals surface area contributed by atoms with E-state index in [1.807, 2.05) is 0 Å². The first-order chi connectivity index (χ1) is 20.6. The van der Waals surface area contributed by atoms with Crippen LogP contribution in [-0.4, -0.2) is 65.5 Å². The van der Waals surface area contributed by atoms with Gasteiger partial charge in [-0.25, -0.2) is 9.59 Å². The van der Waals surface area contributed by atoms with Crippen LogP contribution in [0.3, 0.4) is 0 Å². The van der Waals surface area contributed by atoms with Gasteiger partial charge in [0.2, 0.25) is 0 Å². The van der Waals surface area contributed by atoms with Crippen LogP contribution >= 0.6 is 0 Å². The zero-order chi connectivity index (χ0) is 31.9. The minimum Gasteiger partial charge on any atom is -0.465 e. The fourth-order valence-corrected chi connectivity index (χ4v) is 5.58. The van der Waals surface area contributed by atoms with Crippen molar-refractivity contribution in [1.82, 2.24) is 4.90 Å². The second kappa shape index (κ2) is 23.5. The summed E-state index contributed by atoms with van der Waals surface area (Å²) in [5.41, 5.74) is -0.680. The van der Waals surface area contributed by atoms with Gasteiger partial charge in [0.15, 0.2) is 0 Å². The molecule has 1 fully saturated rings. The van der Waals surface area contributed by atoms with Gasteiger partial charge < -0.3 is 19.3 Å². The highest BCUT2D eigenvalue weighted by molar-refractivity contribution is 5.82. The molecular weight excluding hydrogens is 546 g/mol. The van der Waals surface area contributed by atoms with Gasteiger partial charge in [0, 0.05) is 6.42 Å². The molecular formula is C35H65NO7. The Labute approximate surface area is 263 Å². The predicted molar refractivity (Wildman–Crippen MR) is 172 cm³/mol. The zero-order valence-electron chi connectivity index (χ0n) is 28.3. The van der Waals surface area contributed by atoms with Crippen LogP contribution in [0.25, 0.3) is 0 Å². The molecule has 0 aliphatic carbocycles. The maximum absolute atomic E-state index is 12.9. The number of hydrogen-bond donors (Lipinski definition) is 1. The molecule has 1 N–H and O–H groups in total. The average molecular weight is 612 g/mol. The van der Waals surface area contributed by atoms with Crippen LogP contribution in [0.15, 0.2) is 0 Å². The summed E-state index contributed by atoms with van der Waals surface area (Å²) in [6.45, 7) is 10.6. The molecule has 1 saturated heterocycles. The molecule has 0 aromatic rings. The van der Waals surface area contributed by atoms with Crippen molar-refractivity contribution in [1.29, 1.82) is 0 Å². The van der Waals surface area contributed by atoms with E-state index in [4.69, 9.17) is 14.2 Å². The number of unbranched alkanes of at least 4 members (excludes halogenated alkanes) is 14. The van der Waals surface area contributed by atoms with Crippen LogP contribution in [0, 0.1) is 5.92 Å². The molecule has 1 rings (SSSR count). The van der Waals surface area contributed by atoms with E-state index in [0.29, 0.717) is 6.61 Å². The Kier molecular flexibility index (Phi) is 21.5. The lowest BCUT2D eigenvalue weighted by molar-refractivity contribution is -0.149. The van der Waals surface area contributed by atoms with Crippen molar-refractivity contribution in [3.05, 3.63) is 0 Å². The summed E-state index contributed by atoms with van der Waals surface area (Å²) < 4.78 is 16.5. The molecule has 0 aromatic heterocycles. The van der Waals surface area contributed by atoms with Crippen LogP contribution in [0.5, 0.6) is 0 Å². The number of hydrogen-bond acceptors (Lipinski definition) is 7. The molecule has 1 heterocycles. The van der Waals surface area contributed by atoms with Crippen LogP contribution < -0.4 is 0 Å². The number of carbonyl (C=O) groups is 3. The van der Waals surface area contributed by atoms with Crippen molar-refractivity contribution in [2.75, 3.05) is 19.8 Å². The molecule has 43 heavy (non-hydrogen) atoms. The van der Waals surface area contributed by atoms with Crippen molar-refractivity contribution in [3.63, 3.8) is 0 Å². The van der Waals surface area contributed by atoms with E-state index in [2.05, 4.69) is 13.8 Å². The SMILES string of the molecule is CCCCCCCCC(CCCCCCCC)C(=O)OCCCCCCCOC(=O)[C@@H]1CC(O)CN1C(=O)OC(C)(C)C. The number of aliphatic hydroxyl groups is 1. The Morgan fingerprint density at radius 3 is 1.70 bits per heavy atom. The van der Waals surface area contributed by atoms with E-state index in [1.54, 1.807) is 20.8 Å². The van der Waals surface area contributed by atoms with E-state index >= 15 is 0 Å². The first kappa shape index (κ1) is 39.2. The summed E-state index contributed by atoms with van der Waals surface area (Å²) in [7, 11) is 0. The normalized spacial score (nSPS) is 17.0. The third kappa shape index (κ3) is 19.2. The second-order valence-corrected chi connectivity index (χ2v) is 13.5. The van der Waals surface area contributed by atoms with Crippen LogP contribution in [-0.2, 0) is 23.8 Å². The number of carbonyl (C=O) groups excluding carboxylic acids is 3. The van der Waals surface area contributed by atoms with Crippen molar-refractivity contribution in [2.24, 2.45) is 5.92 Å². The fourth-order valence-electron chi connectivity index (χ4n) is 5.58. The van der Waals surface area contributed by atoms with E-state index in [1.165, 1.54) is 69.1 Å². The van der Waals surface area contributed by atoms with E-state index in [9.17, 15) is 19.5 Å². The highest BCUT2D eigenvalue weighted by Gasteiger charge is 2.41. The summed E-state index contributed by atoms with van der Waals surface area (Å²) >= 11 is 0. The number of ether oxygens (including phenoxy) is 3. The van der Waals surface area contributed by atoms with Gasteiger partial charge >= 0.3 is 18.0 Å². The monoisotopic (exact) mass is 611 g/mol. The molecule has 0 radical (unpaired) electrons. The fraction of sp³-hybridized carbons (Fsp3) is 0.914. The molecule has 2 atom stereocenters. The molecule has 1 aliphatic rings. The van der Waals surface area contributed by atoms with Crippen LogP contribution in [0.1, 0.15) is 163 Å². The summed E-state index contributed by atoms with van der Waals surface area (Å²) in [5, 5.41) is 10.0. The third-order valence-electron chi connectivity index (χ3n) is 8.10. The molecule has 1 aliphatic heterocycles. The first-order valence-electron chi connectivity index (χ1n) is 17.6. The first-order valence-corrected chi connectivity index (χ1v) is 17.6. The van der Waals surface area contributed by atoms with E-state index in [-0.39, 0.29) is 31.5 Å². The molecule has 8 heteroatoms. The summed E-state index contributed by atoms with van der Waals surface area (Å²) in [5.74, 6) is -0.462. The van der Waals surface area contributed by atoms with Crippen molar-refractivity contribution < 1.29 is 33.7 Å². The predicted octanol–water partition coefficient (Wildman–Crippen LogP) is 8.51. The lowest BCUT2D eigenvalue weighted by Crippen LogP contribution is -2.44. The highest BCUT2D eigenvalue weighted by Crippen LogP contribution is 2.23. The van der Waals surface area contributed by atoms with Gasteiger partial charge in [0.05, 0.1) is 31.8 Å². The average Bonchev–Trinajstić information content (AvgIpc) is 3.35. The molecule has 0 aromatic carbocycles. The Bertz CT molecular complexity index is 735. The summed E-state index contributed by atoms with van der Waals surface area (Å²) in [6, 6.07) is -0.814. The van der Waals surface area contributed by atoms with Gasteiger partial charge in [0.25, 0.3) is 0 Å². The molecule has 0 saturated carbocycles. The number of β-amino-alcohol motifs (C(OH)–C–C–N with tert-alkyl or cyclic N) is 1. The minimum absolute atomic E-state index is 0.00788. The standard InChI is InChI=1S/C35H65NO7/c1-6-8-10-12-15-19-23-29(24-20-16-13-11-9-7-2)32(38)41-25-21-17-14-18-22-26-42-33(39)31-27-30(37)28-36(31)34(40)43-35(3,4)5/h29-31,37H,6-28H2,1-5H3/t30?,31-/m0/s1. The molecule has 0 spiro atoms. The van der Waals surface area contributed by atoms with Crippen LogP contribution in [0.2, 0.25) is 0 Å². The summed E-state index contributed by atoms with van der Waals surface area (Å²) in [4.78, 5) is 39.1. The molecule has 1 amide bonds. The largest absolute Gasteiger partial charge is 0.465 e. The van der Waals surface area contributed by atoms with E-state index in [0.717, 1.165) is 57.8 Å². The number of esters is 2. The van der Waals surface area contributed by atoms with Gasteiger partial charge in [-0.2, -0.15) is 0 Å². The Hall–Kier alpha value is -1.83. The number of aliphatic hydroxyl groups excluding tert-OH is 1. The number of nitrogens with zero attached hydrogens (tertiary/aromatic N) is 1. The minimum atomic E-state index is -0.814. The van der Waals surface area contributed by atoms with E-state index < -0.39 is 29.8 Å². The Balaban J connectivity index is 2.24. The van der Waals surface area contributed by atoms with Crippen molar-refractivity contribution in [3.8, 4) is 0 Å². The smallest absolute Gasteiger partial charge is 0.411 e. The van der Waals surface area contributed by atoms with Gasteiger partial charge in [0.1, 0.15) is 11.6 Å². The Morgan fingerprint density at radius 2 is 1.19 bits per heavy atom. The zero-order valence-corrected chi connectivity index (χ0v) is 28.3. The number of rotatable bonds is 24. The lowest BCUT2D eigenvalue weighted by atomic mass is 9.94. The molecule has 0 bridgehead atoms. The molecule has 1 unspecified atom stereocenters. The number of likely N-dealkylation sites (tertiary alicyclic amines) is 1. The lowest BCUT2D eigenvalue weighted by Gasteiger charge is -2.27. The van der Waals surface area contributed by atoms with Gasteiger partial charge in [-0.05, 0) is 46.5 Å². The van der Waals surface area contributed by atoms with Crippen molar-refractivity contribution >= 4 is 18.0 Å². The summed E-state index contributed by atoms with van der Waals surface area (Å²) in [6.07, 6.45) is 20.0. The van der Waals surface area contributed by atoms with Gasteiger partial charge in [-0.3, -0.25) is 9.69 Å². The third-order valence-corrected chi connectivity index (χ3v) is 8.10. The quantitative estimate of drug-likeness (QED) is 0.0663. The van der Waals surface area contributed by atoms with Crippen LogP contribution in [0.4, 0.5) is 4.79 Å². The second-order valence-electron chi connectivity index (χ2n) is 13.5. The number of amides is 1. The maximum Gasteiger partial charge on any atom is 0.411 e. The maximum atomic E-state index is 12.9. The topological polar surface area (TPSA) is 102 Å². The van der Waals surface area contributed by atoms with Gasteiger partial charge in [-0.1, -0.05) is 110 Å².